The van der Waals surface area contributed by atoms with Gasteiger partial charge in [0.15, 0.2) is 5.01 Å². The predicted octanol–water partition coefficient (Wildman–Crippen LogP) is 1.55. The van der Waals surface area contributed by atoms with Crippen LogP contribution in [0.4, 0.5) is 0 Å². The monoisotopic (exact) mass is 246 g/mol. The summed E-state index contributed by atoms with van der Waals surface area (Å²) in [5, 5.41) is 6.09. The minimum Gasteiger partial charge on any atom is -0.295 e. The summed E-state index contributed by atoms with van der Waals surface area (Å²) in [6.45, 7) is 0. The summed E-state index contributed by atoms with van der Waals surface area (Å²) in [6, 6.07) is 3.73. The number of H-pyrrole nitrogens is 1. The van der Waals surface area contributed by atoms with Crippen LogP contribution in [0.2, 0.25) is 0 Å². The van der Waals surface area contributed by atoms with E-state index in [1.807, 2.05) is 17.5 Å². The van der Waals surface area contributed by atoms with Crippen molar-refractivity contribution in [3.8, 4) is 22.1 Å². The van der Waals surface area contributed by atoms with Crippen LogP contribution in [-0.4, -0.2) is 20.1 Å². The van der Waals surface area contributed by atoms with E-state index in [0.29, 0.717) is 10.8 Å². The third-order valence-electron chi connectivity index (χ3n) is 2.12. The molecular weight excluding hydrogens is 240 g/mol. The van der Waals surface area contributed by atoms with Crippen LogP contribution < -0.4 is 5.76 Å². The van der Waals surface area contributed by atoms with Crippen LogP contribution in [0.25, 0.3) is 22.1 Å². The first-order valence-electron chi connectivity index (χ1n) is 4.75. The van der Waals surface area contributed by atoms with Crippen LogP contribution in [-0.2, 0) is 0 Å². The lowest BCUT2D eigenvalue weighted by Crippen LogP contribution is -1.94. The molecule has 3 aromatic heterocycles. The van der Waals surface area contributed by atoms with Crippen molar-refractivity contribution in [1.29, 1.82) is 0 Å². The molecule has 3 aromatic rings. The Morgan fingerprint density at radius 3 is 2.82 bits per heavy atom. The maximum absolute atomic E-state index is 10.8. The van der Waals surface area contributed by atoms with Gasteiger partial charge in [0.1, 0.15) is 0 Å². The molecule has 84 valence electrons. The summed E-state index contributed by atoms with van der Waals surface area (Å²) < 4.78 is 4.43. The Morgan fingerprint density at radius 1 is 1.29 bits per heavy atom. The molecule has 3 rings (SSSR count). The number of hydrogen-bond acceptors (Lipinski definition) is 6. The Hall–Kier alpha value is -2.28. The van der Waals surface area contributed by atoms with Gasteiger partial charge < -0.3 is 0 Å². The number of pyridine rings is 1. The summed E-state index contributed by atoms with van der Waals surface area (Å²) >= 11 is 1.39. The van der Waals surface area contributed by atoms with Gasteiger partial charge in [-0.25, -0.2) is 9.78 Å². The molecule has 3 heterocycles. The normalized spacial score (nSPS) is 10.6. The van der Waals surface area contributed by atoms with Crippen molar-refractivity contribution >= 4 is 11.3 Å². The van der Waals surface area contributed by atoms with E-state index in [1.165, 1.54) is 11.3 Å². The first-order chi connectivity index (χ1) is 8.33. The lowest BCUT2D eigenvalue weighted by molar-refractivity contribution is 0.388. The molecule has 6 nitrogen and oxygen atoms in total. The van der Waals surface area contributed by atoms with Gasteiger partial charge in [0.05, 0.1) is 5.69 Å². The van der Waals surface area contributed by atoms with E-state index in [9.17, 15) is 4.79 Å². The van der Waals surface area contributed by atoms with E-state index in [1.54, 1.807) is 12.4 Å². The molecular formula is C10H6N4O2S. The Kier molecular flexibility index (Phi) is 2.30. The van der Waals surface area contributed by atoms with Crippen molar-refractivity contribution < 1.29 is 4.52 Å². The van der Waals surface area contributed by atoms with Crippen molar-refractivity contribution in [3.05, 3.63) is 40.5 Å². The average molecular weight is 246 g/mol. The second-order valence-corrected chi connectivity index (χ2v) is 4.08. The van der Waals surface area contributed by atoms with Crippen molar-refractivity contribution in [2.24, 2.45) is 0 Å². The zero-order valence-electron chi connectivity index (χ0n) is 8.45. The van der Waals surface area contributed by atoms with E-state index in [0.717, 1.165) is 11.3 Å². The van der Waals surface area contributed by atoms with Crippen LogP contribution in [0.5, 0.6) is 0 Å². The Balaban J connectivity index is 2.01. The van der Waals surface area contributed by atoms with E-state index in [2.05, 4.69) is 24.6 Å². The highest BCUT2D eigenvalue weighted by Crippen LogP contribution is 2.25. The van der Waals surface area contributed by atoms with E-state index in [-0.39, 0.29) is 0 Å². The minimum atomic E-state index is -0.583. The fourth-order valence-electron chi connectivity index (χ4n) is 1.36. The van der Waals surface area contributed by atoms with Gasteiger partial charge in [0.2, 0.25) is 5.82 Å². The highest BCUT2D eigenvalue weighted by Gasteiger charge is 2.10. The zero-order chi connectivity index (χ0) is 11.7. The quantitative estimate of drug-likeness (QED) is 0.741. The van der Waals surface area contributed by atoms with Gasteiger partial charge in [-0.3, -0.25) is 14.5 Å². The second-order valence-electron chi connectivity index (χ2n) is 3.22. The summed E-state index contributed by atoms with van der Waals surface area (Å²) in [5.74, 6) is -0.235. The molecule has 0 aromatic carbocycles. The predicted molar refractivity (Wildman–Crippen MR) is 61.5 cm³/mol. The van der Waals surface area contributed by atoms with Crippen LogP contribution >= 0.6 is 11.3 Å². The number of thiazole rings is 1. The first-order valence-corrected chi connectivity index (χ1v) is 5.63. The van der Waals surface area contributed by atoms with Gasteiger partial charge in [-0.1, -0.05) is 5.16 Å². The fourth-order valence-corrected chi connectivity index (χ4v) is 2.12. The van der Waals surface area contributed by atoms with Crippen LogP contribution in [0.3, 0.4) is 0 Å². The summed E-state index contributed by atoms with van der Waals surface area (Å²) in [6.07, 6.45) is 3.40. The smallest absolute Gasteiger partial charge is 0.295 e. The molecule has 0 aliphatic rings. The van der Waals surface area contributed by atoms with Crippen molar-refractivity contribution in [2.75, 3.05) is 0 Å². The van der Waals surface area contributed by atoms with Gasteiger partial charge in [-0.05, 0) is 12.1 Å². The van der Waals surface area contributed by atoms with E-state index < -0.39 is 5.76 Å². The lowest BCUT2D eigenvalue weighted by atomic mass is 10.2. The molecule has 0 aliphatic carbocycles. The maximum Gasteiger partial charge on any atom is 0.439 e. The Bertz CT molecular complexity index is 685. The van der Waals surface area contributed by atoms with Gasteiger partial charge in [-0.15, -0.1) is 11.3 Å². The molecule has 1 N–H and O–H groups in total. The minimum absolute atomic E-state index is 0.348. The highest BCUT2D eigenvalue weighted by molar-refractivity contribution is 7.13. The third-order valence-corrected chi connectivity index (χ3v) is 2.97. The van der Waals surface area contributed by atoms with Gasteiger partial charge >= 0.3 is 5.76 Å². The molecule has 0 unspecified atom stereocenters. The molecule has 0 radical (unpaired) electrons. The Labute approximate surface area is 99.0 Å². The first kappa shape index (κ1) is 9.91. The van der Waals surface area contributed by atoms with Crippen molar-refractivity contribution in [1.82, 2.24) is 20.1 Å². The van der Waals surface area contributed by atoms with Crippen molar-refractivity contribution in [2.45, 2.75) is 0 Å². The lowest BCUT2D eigenvalue weighted by Gasteiger charge is -1.92. The van der Waals surface area contributed by atoms with Crippen LogP contribution in [0, 0.1) is 0 Å². The molecule has 0 amide bonds. The SMILES string of the molecule is O=c1[nH]c(-c2nc(-c3ccncc3)cs2)no1. The zero-order valence-corrected chi connectivity index (χ0v) is 9.27. The van der Waals surface area contributed by atoms with Crippen LogP contribution in [0.1, 0.15) is 0 Å². The summed E-state index contributed by atoms with van der Waals surface area (Å²) in [5.41, 5.74) is 1.78. The molecule has 0 spiro atoms. The molecule has 0 aliphatic heterocycles. The summed E-state index contributed by atoms with van der Waals surface area (Å²) in [4.78, 5) is 21.6. The molecule has 0 saturated heterocycles. The molecule has 17 heavy (non-hydrogen) atoms. The fraction of sp³-hybridized carbons (Fsp3) is 0. The van der Waals surface area contributed by atoms with Crippen LogP contribution in [0.15, 0.2) is 39.2 Å². The topological polar surface area (TPSA) is 84.7 Å². The number of aromatic nitrogens is 4. The number of rotatable bonds is 2. The van der Waals surface area contributed by atoms with Crippen molar-refractivity contribution in [3.63, 3.8) is 0 Å². The number of hydrogen-bond donors (Lipinski definition) is 1. The largest absolute Gasteiger partial charge is 0.439 e. The van der Waals surface area contributed by atoms with E-state index >= 15 is 0 Å². The molecule has 0 atom stereocenters. The number of nitrogens with zero attached hydrogens (tertiary/aromatic N) is 3. The molecule has 0 saturated carbocycles. The number of nitrogens with one attached hydrogen (secondary N) is 1. The highest BCUT2D eigenvalue weighted by atomic mass is 32.1. The van der Waals surface area contributed by atoms with Gasteiger partial charge in [0.25, 0.3) is 0 Å². The molecule has 0 fully saturated rings. The third kappa shape index (κ3) is 1.87. The maximum atomic E-state index is 10.8. The van der Waals surface area contributed by atoms with E-state index in [4.69, 9.17) is 0 Å². The number of aromatic amines is 1. The molecule has 7 heteroatoms. The second kappa shape index (κ2) is 3.95. The molecule has 0 bridgehead atoms. The average Bonchev–Trinajstić information content (AvgIpc) is 2.98. The van der Waals surface area contributed by atoms with Gasteiger partial charge in [0, 0.05) is 23.3 Å². The van der Waals surface area contributed by atoms with Gasteiger partial charge in [-0.2, -0.15) is 0 Å². The standard InChI is InChI=1S/C10H6N4O2S/c15-10-13-8(14-16-10)9-12-7(5-17-9)6-1-3-11-4-2-6/h1-5H,(H,13,14,15). The Morgan fingerprint density at radius 2 is 2.12 bits per heavy atom. The summed E-state index contributed by atoms with van der Waals surface area (Å²) in [7, 11) is 0.